The molecule has 0 amide bonds. The van der Waals surface area contributed by atoms with E-state index in [-0.39, 0.29) is 16.7 Å². The third kappa shape index (κ3) is 2.24. The Kier molecular flexibility index (Phi) is 4.06. The van der Waals surface area contributed by atoms with Crippen LogP contribution in [0.1, 0.15) is 65.2 Å². The van der Waals surface area contributed by atoms with Crippen molar-refractivity contribution in [1.82, 2.24) is 0 Å². The highest BCUT2D eigenvalue weighted by Gasteiger charge is 2.78. The Labute approximate surface area is 173 Å². The highest BCUT2D eigenvalue weighted by Crippen LogP contribution is 2.72. The molecule has 4 saturated carbocycles. The van der Waals surface area contributed by atoms with Crippen molar-refractivity contribution in [2.45, 2.75) is 76.8 Å². The van der Waals surface area contributed by atoms with E-state index >= 15 is 0 Å². The monoisotopic (exact) mass is 405 g/mol. The lowest BCUT2D eigenvalue weighted by Gasteiger charge is -2.62. The molecule has 0 bridgehead atoms. The molecule has 6 atom stereocenters. The maximum atomic E-state index is 9.98. The number of ether oxygens (including phenoxy) is 4. The Balaban J connectivity index is 1.47. The van der Waals surface area contributed by atoms with E-state index in [9.17, 15) is 5.21 Å². The molecule has 162 valence electrons. The maximum absolute atomic E-state index is 9.98. The summed E-state index contributed by atoms with van der Waals surface area (Å²) in [4.78, 5) is 0. The van der Waals surface area contributed by atoms with Gasteiger partial charge in [-0.25, -0.2) is 0 Å². The van der Waals surface area contributed by atoms with Crippen LogP contribution in [0.2, 0.25) is 0 Å². The second kappa shape index (κ2) is 6.18. The van der Waals surface area contributed by atoms with E-state index in [4.69, 9.17) is 18.9 Å². The molecule has 6 fully saturated rings. The summed E-state index contributed by atoms with van der Waals surface area (Å²) in [5.74, 6) is 0.00816. The van der Waals surface area contributed by atoms with Crippen molar-refractivity contribution in [2.24, 2.45) is 39.7 Å². The molecule has 6 rings (SSSR count). The van der Waals surface area contributed by atoms with Gasteiger partial charge in [0, 0.05) is 18.3 Å². The van der Waals surface area contributed by atoms with E-state index in [2.05, 4.69) is 19.0 Å². The van der Waals surface area contributed by atoms with Crippen molar-refractivity contribution < 1.29 is 24.2 Å². The van der Waals surface area contributed by atoms with Crippen LogP contribution in [0.4, 0.5) is 0 Å². The molecule has 2 aliphatic heterocycles. The lowest BCUT2D eigenvalue weighted by atomic mass is 9.44. The fourth-order valence-corrected chi connectivity index (χ4v) is 8.94. The van der Waals surface area contributed by atoms with Crippen molar-refractivity contribution in [3.05, 3.63) is 0 Å². The van der Waals surface area contributed by atoms with Gasteiger partial charge in [0.05, 0.1) is 32.1 Å². The molecule has 0 aromatic heterocycles. The summed E-state index contributed by atoms with van der Waals surface area (Å²) in [6.45, 7) is 7.09. The molecule has 0 radical (unpaired) electrons. The summed E-state index contributed by atoms with van der Waals surface area (Å²) in [7, 11) is 0. The molecule has 6 aliphatic rings. The Hall–Kier alpha value is -0.690. The van der Waals surface area contributed by atoms with Gasteiger partial charge in [-0.2, -0.15) is 0 Å². The lowest BCUT2D eigenvalue weighted by Crippen LogP contribution is -2.69. The van der Waals surface area contributed by atoms with E-state index in [0.717, 1.165) is 31.4 Å². The Morgan fingerprint density at radius 3 is 2.38 bits per heavy atom. The second-order valence-electron chi connectivity index (χ2n) is 11.0. The van der Waals surface area contributed by atoms with E-state index in [1.165, 1.54) is 25.7 Å². The first kappa shape index (κ1) is 19.0. The quantitative estimate of drug-likeness (QED) is 0.488. The maximum Gasteiger partial charge on any atom is 0.227 e. The second-order valence-corrected chi connectivity index (χ2v) is 11.0. The van der Waals surface area contributed by atoms with Gasteiger partial charge >= 0.3 is 0 Å². The summed E-state index contributed by atoms with van der Waals surface area (Å²) in [6, 6.07) is 0. The molecule has 0 aromatic carbocycles. The van der Waals surface area contributed by atoms with Crippen LogP contribution in [0.3, 0.4) is 0 Å². The highest BCUT2D eigenvalue weighted by atomic mass is 16.8. The lowest BCUT2D eigenvalue weighted by molar-refractivity contribution is -0.465. The Morgan fingerprint density at radius 1 is 0.931 bits per heavy atom. The van der Waals surface area contributed by atoms with Gasteiger partial charge < -0.3 is 24.2 Å². The minimum atomic E-state index is -0.819. The molecule has 6 nitrogen and oxygen atoms in total. The van der Waals surface area contributed by atoms with Gasteiger partial charge in [0.1, 0.15) is 0 Å². The van der Waals surface area contributed by atoms with Gasteiger partial charge in [0.15, 0.2) is 0 Å². The fourth-order valence-electron chi connectivity index (χ4n) is 8.94. The first-order valence-corrected chi connectivity index (χ1v) is 11.7. The average molecular weight is 406 g/mol. The summed E-state index contributed by atoms with van der Waals surface area (Å²) >= 11 is 0. The first-order chi connectivity index (χ1) is 14.0. The van der Waals surface area contributed by atoms with Gasteiger partial charge in [-0.1, -0.05) is 31.8 Å². The summed E-state index contributed by atoms with van der Waals surface area (Å²) in [5.41, 5.74) is 1.27. The summed E-state index contributed by atoms with van der Waals surface area (Å²) < 4.78 is 25.8. The van der Waals surface area contributed by atoms with Gasteiger partial charge in [-0.05, 0) is 54.8 Å². The predicted octanol–water partition coefficient (Wildman–Crippen LogP) is 3.96. The molecular weight excluding hydrogens is 370 g/mol. The Bertz CT molecular complexity index is 712. The Morgan fingerprint density at radius 2 is 1.66 bits per heavy atom. The topological polar surface area (TPSA) is 69.5 Å². The number of rotatable bonds is 0. The molecule has 4 aliphatic carbocycles. The number of fused-ring (bicyclic) bond motifs is 5. The molecule has 2 heterocycles. The zero-order chi connectivity index (χ0) is 19.9. The minimum Gasteiger partial charge on any atom is -0.411 e. The minimum absolute atomic E-state index is 0.0499. The summed E-state index contributed by atoms with van der Waals surface area (Å²) in [6.07, 6.45) is 9.00. The van der Waals surface area contributed by atoms with E-state index < -0.39 is 11.6 Å². The molecular formula is C23H35NO5. The van der Waals surface area contributed by atoms with Crippen molar-refractivity contribution in [3.63, 3.8) is 0 Å². The van der Waals surface area contributed by atoms with E-state index in [0.29, 0.717) is 44.2 Å². The van der Waals surface area contributed by atoms with Crippen LogP contribution < -0.4 is 0 Å². The van der Waals surface area contributed by atoms with Gasteiger partial charge in [-0.15, -0.1) is 0 Å². The van der Waals surface area contributed by atoms with Gasteiger partial charge in [0.25, 0.3) is 0 Å². The third-order valence-electron chi connectivity index (χ3n) is 9.85. The van der Waals surface area contributed by atoms with Crippen LogP contribution in [0.5, 0.6) is 0 Å². The molecule has 2 saturated heterocycles. The number of oxime groups is 1. The zero-order valence-electron chi connectivity index (χ0n) is 17.8. The molecule has 0 unspecified atom stereocenters. The van der Waals surface area contributed by atoms with Crippen molar-refractivity contribution >= 4 is 5.71 Å². The first-order valence-electron chi connectivity index (χ1n) is 11.7. The van der Waals surface area contributed by atoms with Crippen LogP contribution >= 0.6 is 0 Å². The van der Waals surface area contributed by atoms with Gasteiger partial charge in [0.2, 0.25) is 11.6 Å². The third-order valence-corrected chi connectivity index (χ3v) is 9.85. The van der Waals surface area contributed by atoms with Crippen LogP contribution in [0, 0.1) is 34.5 Å². The van der Waals surface area contributed by atoms with Gasteiger partial charge in [-0.3, -0.25) is 0 Å². The number of hydrogen-bond donors (Lipinski definition) is 1. The normalized spacial score (nSPS) is 57.9. The molecule has 6 heteroatoms. The van der Waals surface area contributed by atoms with Crippen LogP contribution in [-0.4, -0.2) is 48.9 Å². The highest BCUT2D eigenvalue weighted by molar-refractivity contribution is 5.88. The van der Waals surface area contributed by atoms with Crippen molar-refractivity contribution in [3.8, 4) is 0 Å². The van der Waals surface area contributed by atoms with Crippen LogP contribution in [-0.2, 0) is 18.9 Å². The van der Waals surface area contributed by atoms with Crippen molar-refractivity contribution in [1.29, 1.82) is 0 Å². The number of nitrogens with zero attached hydrogens (tertiary/aromatic N) is 1. The molecule has 1 N–H and O–H groups in total. The van der Waals surface area contributed by atoms with Crippen LogP contribution in [0.15, 0.2) is 5.16 Å². The molecule has 0 aromatic rings. The zero-order valence-corrected chi connectivity index (χ0v) is 17.8. The smallest absolute Gasteiger partial charge is 0.227 e. The van der Waals surface area contributed by atoms with E-state index in [1.807, 2.05) is 0 Å². The van der Waals surface area contributed by atoms with E-state index in [1.54, 1.807) is 0 Å². The van der Waals surface area contributed by atoms with Crippen LogP contribution in [0.25, 0.3) is 0 Å². The van der Waals surface area contributed by atoms with Crippen molar-refractivity contribution in [2.75, 3.05) is 26.4 Å². The fraction of sp³-hybridized carbons (Fsp3) is 0.957. The summed E-state index contributed by atoms with van der Waals surface area (Å²) in [5, 5.41) is 13.9. The number of hydrogen-bond acceptors (Lipinski definition) is 6. The molecule has 0 spiro atoms. The SMILES string of the molecule is C[C@]12CC[C@H]3[C@@H](CC(=NO)[C@H]4CCCC[C@@]43C)[C@@H]1C13OCCOC1(C2)OCCO3. The molecule has 29 heavy (non-hydrogen) atoms. The predicted molar refractivity (Wildman–Crippen MR) is 106 cm³/mol. The average Bonchev–Trinajstić information content (AvgIpc) is 2.98. The standard InChI is InChI=1S/C23H35NO5/c1-20-8-6-16-15(13-18(24-25)17-5-3-4-7-21(16,17)2)19(20)23-22(14-20,26-9-11-28-23)27-10-12-29-23/h15-17,19,25H,3-14H2,1-2H3/t15-,16+,17-,19+,20-,21-,22?,23?/m1/s1. The largest absolute Gasteiger partial charge is 0.411 e.